The molecule has 1 aromatic rings. The van der Waals surface area contributed by atoms with Gasteiger partial charge in [-0.05, 0) is 43.9 Å². The molecule has 0 aliphatic heterocycles. The van der Waals surface area contributed by atoms with E-state index in [1.807, 2.05) is 32.0 Å². The van der Waals surface area contributed by atoms with Crippen LogP contribution in [0, 0.1) is 12.8 Å². The lowest BCUT2D eigenvalue weighted by molar-refractivity contribution is 0.132. The number of urea groups is 1. The van der Waals surface area contributed by atoms with Crippen LogP contribution in [0.1, 0.15) is 37.3 Å². The summed E-state index contributed by atoms with van der Waals surface area (Å²) in [5, 5.41) is 15.4. The highest BCUT2D eigenvalue weighted by Gasteiger charge is 2.25. The maximum Gasteiger partial charge on any atom is 0.315 e. The summed E-state index contributed by atoms with van der Waals surface area (Å²) in [5.41, 5.74) is 2.10. The number of aliphatic hydroxyl groups excluding tert-OH is 1. The van der Waals surface area contributed by atoms with Crippen molar-refractivity contribution in [3.8, 4) is 5.75 Å². The van der Waals surface area contributed by atoms with Crippen LogP contribution >= 0.6 is 0 Å². The van der Waals surface area contributed by atoms with Crippen molar-refractivity contribution in [1.82, 2.24) is 10.6 Å². The number of carbonyl (C=O) groups excluding carboxylic acids is 1. The van der Waals surface area contributed by atoms with Gasteiger partial charge in [-0.1, -0.05) is 18.6 Å². The molecule has 5 nitrogen and oxygen atoms in total. The Morgan fingerprint density at radius 2 is 2.18 bits per heavy atom. The molecular weight excluding hydrogens is 280 g/mol. The lowest BCUT2D eigenvalue weighted by Crippen LogP contribution is -2.39. The Balaban J connectivity index is 1.75. The predicted octanol–water partition coefficient (Wildman–Crippen LogP) is 2.35. The van der Waals surface area contributed by atoms with Crippen LogP contribution < -0.4 is 15.4 Å². The van der Waals surface area contributed by atoms with Crippen LogP contribution in [0.5, 0.6) is 5.75 Å². The largest absolute Gasteiger partial charge is 0.494 e. The number of hydrogen-bond donors (Lipinski definition) is 3. The second-order valence-electron chi connectivity index (χ2n) is 5.85. The number of amides is 2. The van der Waals surface area contributed by atoms with Gasteiger partial charge in [-0.15, -0.1) is 0 Å². The molecular formula is C17H26N2O3. The average molecular weight is 306 g/mol. The van der Waals surface area contributed by atoms with Crippen LogP contribution in [0.25, 0.3) is 0 Å². The van der Waals surface area contributed by atoms with E-state index in [9.17, 15) is 9.90 Å². The summed E-state index contributed by atoms with van der Waals surface area (Å²) in [7, 11) is 0. The first-order chi connectivity index (χ1) is 10.6. The highest BCUT2D eigenvalue weighted by molar-refractivity contribution is 5.73. The molecule has 2 atom stereocenters. The van der Waals surface area contributed by atoms with Crippen LogP contribution in [-0.2, 0) is 6.54 Å². The average Bonchev–Trinajstić information content (AvgIpc) is 2.91. The number of rotatable bonds is 6. The molecule has 1 aromatic carbocycles. The minimum absolute atomic E-state index is 0.189. The summed E-state index contributed by atoms with van der Waals surface area (Å²) in [4.78, 5) is 11.8. The molecule has 2 rings (SSSR count). The molecule has 22 heavy (non-hydrogen) atoms. The first-order valence-electron chi connectivity index (χ1n) is 8.02. The van der Waals surface area contributed by atoms with Gasteiger partial charge in [0.25, 0.3) is 0 Å². The number of hydrogen-bond acceptors (Lipinski definition) is 3. The second-order valence-corrected chi connectivity index (χ2v) is 5.85. The van der Waals surface area contributed by atoms with E-state index in [2.05, 4.69) is 10.6 Å². The third kappa shape index (κ3) is 4.63. The fourth-order valence-electron chi connectivity index (χ4n) is 2.86. The molecule has 0 radical (unpaired) electrons. The SMILES string of the molecule is CCOc1ccc(CNC(=O)NC[C@@H]2CCC[C@@H]2O)cc1C. The van der Waals surface area contributed by atoms with Crippen LogP contribution in [0.4, 0.5) is 4.79 Å². The highest BCUT2D eigenvalue weighted by atomic mass is 16.5. The van der Waals surface area contributed by atoms with E-state index in [-0.39, 0.29) is 18.1 Å². The molecule has 1 aliphatic carbocycles. The van der Waals surface area contributed by atoms with Crippen molar-refractivity contribution < 1.29 is 14.6 Å². The van der Waals surface area contributed by atoms with E-state index in [0.717, 1.165) is 36.1 Å². The van der Waals surface area contributed by atoms with Crippen molar-refractivity contribution in [1.29, 1.82) is 0 Å². The first kappa shape index (κ1) is 16.6. The maximum atomic E-state index is 11.8. The fourth-order valence-corrected chi connectivity index (χ4v) is 2.86. The van der Waals surface area contributed by atoms with Gasteiger partial charge in [0, 0.05) is 19.0 Å². The number of benzene rings is 1. The van der Waals surface area contributed by atoms with E-state index in [0.29, 0.717) is 19.7 Å². The third-order valence-electron chi connectivity index (χ3n) is 4.14. The lowest BCUT2D eigenvalue weighted by atomic mass is 10.1. The molecule has 122 valence electrons. The Morgan fingerprint density at radius 1 is 1.36 bits per heavy atom. The molecule has 1 fully saturated rings. The molecule has 0 heterocycles. The molecule has 1 aliphatic rings. The molecule has 1 saturated carbocycles. The highest BCUT2D eigenvalue weighted by Crippen LogP contribution is 2.24. The number of aryl methyl sites for hydroxylation is 1. The quantitative estimate of drug-likeness (QED) is 0.755. The molecule has 0 unspecified atom stereocenters. The van der Waals surface area contributed by atoms with E-state index < -0.39 is 0 Å². The number of carbonyl (C=O) groups is 1. The van der Waals surface area contributed by atoms with Gasteiger partial charge in [0.1, 0.15) is 5.75 Å². The van der Waals surface area contributed by atoms with Crippen LogP contribution in [0.2, 0.25) is 0 Å². The van der Waals surface area contributed by atoms with Crippen molar-refractivity contribution >= 4 is 6.03 Å². The lowest BCUT2D eigenvalue weighted by Gasteiger charge is -2.15. The van der Waals surface area contributed by atoms with Crippen molar-refractivity contribution in [3.63, 3.8) is 0 Å². The predicted molar refractivity (Wildman–Crippen MR) is 85.9 cm³/mol. The van der Waals surface area contributed by atoms with Crippen molar-refractivity contribution in [2.24, 2.45) is 5.92 Å². The van der Waals surface area contributed by atoms with E-state index in [1.54, 1.807) is 0 Å². The third-order valence-corrected chi connectivity index (χ3v) is 4.14. The van der Waals surface area contributed by atoms with E-state index >= 15 is 0 Å². The number of nitrogens with one attached hydrogen (secondary N) is 2. The summed E-state index contributed by atoms with van der Waals surface area (Å²) in [5.74, 6) is 1.07. The van der Waals surface area contributed by atoms with Gasteiger partial charge < -0.3 is 20.5 Å². The van der Waals surface area contributed by atoms with Gasteiger partial charge in [0.05, 0.1) is 12.7 Å². The van der Waals surface area contributed by atoms with Crippen molar-refractivity contribution in [2.75, 3.05) is 13.2 Å². The summed E-state index contributed by atoms with van der Waals surface area (Å²) < 4.78 is 5.50. The summed E-state index contributed by atoms with van der Waals surface area (Å²) in [6.07, 6.45) is 2.61. The Morgan fingerprint density at radius 3 is 2.82 bits per heavy atom. The maximum absolute atomic E-state index is 11.8. The molecule has 0 spiro atoms. The fraction of sp³-hybridized carbons (Fsp3) is 0.588. The van der Waals surface area contributed by atoms with Gasteiger partial charge >= 0.3 is 6.03 Å². The summed E-state index contributed by atoms with van der Waals surface area (Å²) >= 11 is 0. The summed E-state index contributed by atoms with van der Waals surface area (Å²) in [6.45, 7) is 5.62. The Bertz CT molecular complexity index is 505. The van der Waals surface area contributed by atoms with Gasteiger partial charge in [-0.25, -0.2) is 4.79 Å². The van der Waals surface area contributed by atoms with E-state index in [4.69, 9.17) is 4.74 Å². The normalized spacial score (nSPS) is 20.7. The van der Waals surface area contributed by atoms with Crippen molar-refractivity contribution in [2.45, 2.75) is 45.8 Å². The Hall–Kier alpha value is -1.75. The topological polar surface area (TPSA) is 70.6 Å². The second kappa shape index (κ2) is 8.03. The summed E-state index contributed by atoms with van der Waals surface area (Å²) in [6, 6.07) is 5.72. The number of ether oxygens (including phenoxy) is 1. The monoisotopic (exact) mass is 306 g/mol. The zero-order valence-corrected chi connectivity index (χ0v) is 13.4. The zero-order chi connectivity index (χ0) is 15.9. The molecule has 3 N–H and O–H groups in total. The Labute approximate surface area is 132 Å². The smallest absolute Gasteiger partial charge is 0.315 e. The van der Waals surface area contributed by atoms with Gasteiger partial charge in [0.2, 0.25) is 0 Å². The molecule has 0 saturated heterocycles. The molecule has 0 bridgehead atoms. The van der Waals surface area contributed by atoms with Gasteiger partial charge in [0.15, 0.2) is 0 Å². The van der Waals surface area contributed by atoms with Crippen LogP contribution in [0.3, 0.4) is 0 Å². The molecule has 5 heteroatoms. The van der Waals surface area contributed by atoms with E-state index in [1.165, 1.54) is 0 Å². The standard InChI is InChI=1S/C17H26N2O3/c1-3-22-16-8-7-13(9-12(16)2)10-18-17(21)19-11-14-5-4-6-15(14)20/h7-9,14-15,20H,3-6,10-11H2,1-2H3,(H2,18,19,21)/t14-,15-/m0/s1. The van der Waals surface area contributed by atoms with Crippen molar-refractivity contribution in [3.05, 3.63) is 29.3 Å². The van der Waals surface area contributed by atoms with Crippen LogP contribution in [0.15, 0.2) is 18.2 Å². The molecule has 0 aromatic heterocycles. The minimum Gasteiger partial charge on any atom is -0.494 e. The Kier molecular flexibility index (Phi) is 6.07. The number of aliphatic hydroxyl groups is 1. The van der Waals surface area contributed by atoms with Gasteiger partial charge in [-0.2, -0.15) is 0 Å². The zero-order valence-electron chi connectivity index (χ0n) is 13.4. The van der Waals surface area contributed by atoms with Crippen LogP contribution in [-0.4, -0.2) is 30.4 Å². The minimum atomic E-state index is -0.269. The first-order valence-corrected chi connectivity index (χ1v) is 8.02. The molecule has 2 amide bonds. The van der Waals surface area contributed by atoms with Gasteiger partial charge in [-0.3, -0.25) is 0 Å².